The molecule has 114 valence electrons. The van der Waals surface area contributed by atoms with Crippen molar-refractivity contribution in [3.05, 3.63) is 65.5 Å². The quantitative estimate of drug-likeness (QED) is 0.820. The Hall–Kier alpha value is -1.44. The van der Waals surface area contributed by atoms with Gasteiger partial charge in [-0.2, -0.15) is 0 Å². The molecule has 2 rings (SSSR count). The standard InChI is InChI=1S/C15H17FNOP.C2H6/c1-18-13-7-4-6-11(9-13)15(19)17-10-12-5-2-3-8-14(12)16;1-2/h2-9,15,17H,10,19H2,1H3;1-2H3. The van der Waals surface area contributed by atoms with E-state index in [-0.39, 0.29) is 11.6 Å². The highest BCUT2D eigenvalue weighted by Gasteiger charge is 2.07. The van der Waals surface area contributed by atoms with Gasteiger partial charge in [0.25, 0.3) is 0 Å². The van der Waals surface area contributed by atoms with E-state index >= 15 is 0 Å². The van der Waals surface area contributed by atoms with Crippen LogP contribution in [-0.2, 0) is 6.54 Å². The Bertz CT molecular complexity index is 548. The first-order valence-corrected chi connectivity index (χ1v) is 7.73. The first-order valence-electron chi connectivity index (χ1n) is 7.07. The average Bonchev–Trinajstić information content (AvgIpc) is 2.55. The highest BCUT2D eigenvalue weighted by Crippen LogP contribution is 2.24. The zero-order valence-electron chi connectivity index (χ0n) is 12.8. The van der Waals surface area contributed by atoms with Crippen LogP contribution in [0.2, 0.25) is 0 Å². The smallest absolute Gasteiger partial charge is 0.127 e. The SMILES string of the molecule is CC.COc1cccc(C(P)NCc2ccccc2F)c1. The molecule has 1 N–H and O–H groups in total. The maximum atomic E-state index is 13.5. The van der Waals surface area contributed by atoms with E-state index in [9.17, 15) is 4.39 Å². The molecule has 0 aromatic heterocycles. The van der Waals surface area contributed by atoms with Crippen LogP contribution >= 0.6 is 9.24 Å². The summed E-state index contributed by atoms with van der Waals surface area (Å²) < 4.78 is 18.7. The van der Waals surface area contributed by atoms with Crippen LogP contribution in [0, 0.1) is 5.82 Å². The second kappa shape index (κ2) is 9.49. The fourth-order valence-corrected chi connectivity index (χ4v) is 2.14. The summed E-state index contributed by atoms with van der Waals surface area (Å²) in [6.07, 6.45) is 0. The Balaban J connectivity index is 0.00000106. The molecule has 21 heavy (non-hydrogen) atoms. The molecular weight excluding hydrogens is 284 g/mol. The molecule has 2 nitrogen and oxygen atoms in total. The minimum Gasteiger partial charge on any atom is -0.497 e. The van der Waals surface area contributed by atoms with E-state index in [0.29, 0.717) is 12.1 Å². The van der Waals surface area contributed by atoms with Crippen molar-refractivity contribution in [3.8, 4) is 5.75 Å². The predicted octanol–water partition coefficient (Wildman–Crippen LogP) is 4.52. The van der Waals surface area contributed by atoms with Gasteiger partial charge in [0.15, 0.2) is 0 Å². The summed E-state index contributed by atoms with van der Waals surface area (Å²) in [6.45, 7) is 4.48. The molecule has 0 heterocycles. The lowest BCUT2D eigenvalue weighted by molar-refractivity contribution is 0.414. The van der Waals surface area contributed by atoms with E-state index in [0.717, 1.165) is 11.3 Å². The van der Waals surface area contributed by atoms with Gasteiger partial charge in [0.2, 0.25) is 0 Å². The lowest BCUT2D eigenvalue weighted by Crippen LogP contribution is -2.16. The van der Waals surface area contributed by atoms with Crippen LogP contribution in [0.15, 0.2) is 48.5 Å². The molecule has 0 aliphatic heterocycles. The van der Waals surface area contributed by atoms with Gasteiger partial charge in [0.05, 0.1) is 7.11 Å². The van der Waals surface area contributed by atoms with Gasteiger partial charge in [-0.1, -0.05) is 44.2 Å². The number of benzene rings is 2. The Kier molecular flexibility index (Phi) is 7.96. The fraction of sp³-hybridized carbons (Fsp3) is 0.294. The number of nitrogens with one attached hydrogen (secondary N) is 1. The molecule has 4 heteroatoms. The number of methoxy groups -OCH3 is 1. The van der Waals surface area contributed by atoms with E-state index in [2.05, 4.69) is 14.6 Å². The summed E-state index contributed by atoms with van der Waals surface area (Å²) in [5, 5.41) is 3.27. The molecule has 0 saturated heterocycles. The maximum absolute atomic E-state index is 13.5. The van der Waals surface area contributed by atoms with E-state index < -0.39 is 0 Å². The van der Waals surface area contributed by atoms with Gasteiger partial charge in [-0.3, -0.25) is 0 Å². The summed E-state index contributed by atoms with van der Waals surface area (Å²) in [4.78, 5) is 0. The van der Waals surface area contributed by atoms with Crippen molar-refractivity contribution in [2.45, 2.75) is 26.2 Å². The number of halogens is 1. The second-order valence-corrected chi connectivity index (χ2v) is 4.89. The molecule has 2 atom stereocenters. The zero-order chi connectivity index (χ0) is 15.7. The summed E-state index contributed by atoms with van der Waals surface area (Å²) in [5.74, 6) is 0.685. The number of hydrogen-bond donors (Lipinski definition) is 1. The van der Waals surface area contributed by atoms with Crippen molar-refractivity contribution >= 4 is 9.24 Å². The van der Waals surface area contributed by atoms with Crippen molar-refractivity contribution in [3.63, 3.8) is 0 Å². The molecule has 0 bridgehead atoms. The molecule has 0 aliphatic rings. The molecule has 2 unspecified atom stereocenters. The highest BCUT2D eigenvalue weighted by atomic mass is 31.0. The summed E-state index contributed by atoms with van der Waals surface area (Å²) in [5.41, 5.74) is 1.75. The molecule has 0 saturated carbocycles. The third kappa shape index (κ3) is 5.45. The highest BCUT2D eigenvalue weighted by molar-refractivity contribution is 7.17. The topological polar surface area (TPSA) is 21.3 Å². The number of hydrogen-bond acceptors (Lipinski definition) is 2. The molecule has 0 amide bonds. The third-order valence-corrected chi connectivity index (χ3v) is 3.54. The van der Waals surface area contributed by atoms with Gasteiger partial charge < -0.3 is 10.1 Å². The number of rotatable bonds is 5. The molecule has 2 aromatic rings. The Morgan fingerprint density at radius 2 is 1.86 bits per heavy atom. The predicted molar refractivity (Wildman–Crippen MR) is 90.0 cm³/mol. The lowest BCUT2D eigenvalue weighted by Gasteiger charge is -2.15. The van der Waals surface area contributed by atoms with Gasteiger partial charge in [-0.15, -0.1) is 9.24 Å². The van der Waals surface area contributed by atoms with Crippen LogP contribution in [0.25, 0.3) is 0 Å². The molecule has 2 aromatic carbocycles. The second-order valence-electron chi connectivity index (χ2n) is 4.23. The lowest BCUT2D eigenvalue weighted by atomic mass is 10.2. The maximum Gasteiger partial charge on any atom is 0.127 e. The Morgan fingerprint density at radius 3 is 2.52 bits per heavy atom. The minimum absolute atomic E-state index is 0.0507. The van der Waals surface area contributed by atoms with Crippen molar-refractivity contribution in [2.75, 3.05) is 7.11 Å². The summed E-state index contributed by atoms with van der Waals surface area (Å²) >= 11 is 0. The van der Waals surface area contributed by atoms with E-state index in [1.54, 1.807) is 19.2 Å². The van der Waals surface area contributed by atoms with Crippen LogP contribution in [0.1, 0.15) is 30.8 Å². The van der Waals surface area contributed by atoms with Crippen molar-refractivity contribution < 1.29 is 9.13 Å². The van der Waals surface area contributed by atoms with Crippen LogP contribution in [0.5, 0.6) is 5.75 Å². The molecular formula is C17H23FNOP. The van der Waals surface area contributed by atoms with Crippen molar-refractivity contribution in [1.82, 2.24) is 5.32 Å². The Morgan fingerprint density at radius 1 is 1.14 bits per heavy atom. The van der Waals surface area contributed by atoms with Gasteiger partial charge in [0.1, 0.15) is 11.6 Å². The third-order valence-electron chi connectivity index (χ3n) is 2.92. The monoisotopic (exact) mass is 307 g/mol. The molecule has 0 aliphatic carbocycles. The van der Waals surface area contributed by atoms with E-state index in [1.807, 2.05) is 44.2 Å². The summed E-state index contributed by atoms with van der Waals surface area (Å²) in [7, 11) is 4.36. The average molecular weight is 307 g/mol. The molecule has 0 fully saturated rings. The molecule has 0 spiro atoms. The van der Waals surface area contributed by atoms with Gasteiger partial charge >= 0.3 is 0 Å². The first kappa shape index (κ1) is 17.6. The van der Waals surface area contributed by atoms with E-state index in [1.165, 1.54) is 6.07 Å². The largest absolute Gasteiger partial charge is 0.497 e. The van der Waals surface area contributed by atoms with Crippen LogP contribution < -0.4 is 10.1 Å². The Labute approximate surface area is 128 Å². The van der Waals surface area contributed by atoms with Crippen molar-refractivity contribution in [1.29, 1.82) is 0 Å². The van der Waals surface area contributed by atoms with Crippen molar-refractivity contribution in [2.24, 2.45) is 0 Å². The van der Waals surface area contributed by atoms with Gasteiger partial charge in [-0.05, 0) is 23.8 Å². The molecule has 0 radical (unpaired) electrons. The van der Waals surface area contributed by atoms with Crippen LogP contribution in [0.4, 0.5) is 4.39 Å². The van der Waals surface area contributed by atoms with E-state index in [4.69, 9.17) is 4.74 Å². The minimum atomic E-state index is -0.183. The first-order chi connectivity index (χ1) is 10.2. The number of ether oxygens (including phenoxy) is 1. The fourth-order valence-electron chi connectivity index (χ4n) is 1.81. The zero-order valence-corrected chi connectivity index (χ0v) is 13.9. The van der Waals surface area contributed by atoms with Crippen LogP contribution in [-0.4, -0.2) is 7.11 Å². The van der Waals surface area contributed by atoms with Crippen LogP contribution in [0.3, 0.4) is 0 Å². The summed E-state index contributed by atoms with van der Waals surface area (Å²) in [6, 6.07) is 14.6. The van der Waals surface area contributed by atoms with Gasteiger partial charge in [-0.25, -0.2) is 4.39 Å². The van der Waals surface area contributed by atoms with Gasteiger partial charge in [0, 0.05) is 17.9 Å². The normalized spacial score (nSPS) is 11.3.